The smallest absolute Gasteiger partial charge is 0.224 e. The first-order valence-corrected chi connectivity index (χ1v) is 9.83. The van der Waals surface area contributed by atoms with Crippen LogP contribution in [-0.4, -0.2) is 67.9 Å². The Morgan fingerprint density at radius 2 is 2.21 bits per heavy atom. The standard InChI is InChI=1S/C12H24N2O3S2/c1-4-14(10(2)9-19(3,16)17)12(15)7-11-8-18-6-5-13-11/h10-11,13H,4-9H2,1-3H3. The number of sulfone groups is 1. The van der Waals surface area contributed by atoms with Crippen molar-refractivity contribution in [3.8, 4) is 0 Å². The first-order chi connectivity index (χ1) is 8.83. The lowest BCUT2D eigenvalue weighted by Gasteiger charge is -2.30. The molecule has 7 heteroatoms. The zero-order valence-corrected chi connectivity index (χ0v) is 13.5. The van der Waals surface area contributed by atoms with E-state index in [2.05, 4.69) is 5.32 Å². The van der Waals surface area contributed by atoms with Crippen LogP contribution in [0.1, 0.15) is 20.3 Å². The van der Waals surface area contributed by atoms with Gasteiger partial charge in [-0.15, -0.1) is 0 Å². The zero-order chi connectivity index (χ0) is 14.5. The molecular formula is C12H24N2O3S2. The van der Waals surface area contributed by atoms with Crippen LogP contribution in [-0.2, 0) is 14.6 Å². The fraction of sp³-hybridized carbons (Fsp3) is 0.917. The molecule has 1 amide bonds. The maximum atomic E-state index is 12.3. The number of carbonyl (C=O) groups excluding carboxylic acids is 1. The van der Waals surface area contributed by atoms with Gasteiger partial charge in [0, 0.05) is 49.4 Å². The predicted molar refractivity (Wildman–Crippen MR) is 80.3 cm³/mol. The third-order valence-electron chi connectivity index (χ3n) is 3.16. The molecule has 2 unspecified atom stereocenters. The fourth-order valence-corrected chi connectivity index (χ4v) is 4.35. The van der Waals surface area contributed by atoms with Crippen molar-refractivity contribution in [2.45, 2.75) is 32.4 Å². The summed E-state index contributed by atoms with van der Waals surface area (Å²) in [6.45, 7) is 5.17. The molecule has 2 atom stereocenters. The number of nitrogens with zero attached hydrogens (tertiary/aromatic N) is 1. The first-order valence-electron chi connectivity index (χ1n) is 6.61. The molecule has 0 bridgehead atoms. The van der Waals surface area contributed by atoms with Gasteiger partial charge >= 0.3 is 0 Å². The van der Waals surface area contributed by atoms with Gasteiger partial charge in [-0.05, 0) is 13.8 Å². The van der Waals surface area contributed by atoms with Gasteiger partial charge in [0.1, 0.15) is 9.84 Å². The summed E-state index contributed by atoms with van der Waals surface area (Å²) in [6.07, 6.45) is 1.66. The molecule has 1 rings (SSSR count). The maximum absolute atomic E-state index is 12.3. The molecule has 1 heterocycles. The maximum Gasteiger partial charge on any atom is 0.224 e. The van der Waals surface area contributed by atoms with E-state index in [4.69, 9.17) is 0 Å². The van der Waals surface area contributed by atoms with E-state index in [1.165, 1.54) is 6.26 Å². The third-order valence-corrected chi connectivity index (χ3v) is 5.38. The van der Waals surface area contributed by atoms with Gasteiger partial charge in [0.2, 0.25) is 5.91 Å². The lowest BCUT2D eigenvalue weighted by atomic mass is 10.2. The van der Waals surface area contributed by atoms with Gasteiger partial charge in [-0.3, -0.25) is 4.79 Å². The van der Waals surface area contributed by atoms with Gasteiger partial charge in [-0.2, -0.15) is 11.8 Å². The van der Waals surface area contributed by atoms with E-state index >= 15 is 0 Å². The minimum absolute atomic E-state index is 0.0272. The number of thioether (sulfide) groups is 1. The summed E-state index contributed by atoms with van der Waals surface area (Å²) in [6, 6.07) is -0.0468. The van der Waals surface area contributed by atoms with E-state index in [9.17, 15) is 13.2 Å². The molecule has 0 saturated carbocycles. The minimum Gasteiger partial charge on any atom is -0.339 e. The number of hydrogen-bond acceptors (Lipinski definition) is 5. The summed E-state index contributed by atoms with van der Waals surface area (Å²) < 4.78 is 22.6. The molecule has 1 fully saturated rings. The minimum atomic E-state index is -3.06. The molecule has 0 aromatic rings. The molecular weight excluding hydrogens is 284 g/mol. The highest BCUT2D eigenvalue weighted by molar-refractivity contribution is 7.99. The summed E-state index contributed by atoms with van der Waals surface area (Å²) in [7, 11) is -3.06. The Balaban J connectivity index is 2.55. The monoisotopic (exact) mass is 308 g/mol. The normalized spacial score (nSPS) is 21.9. The van der Waals surface area contributed by atoms with Gasteiger partial charge < -0.3 is 10.2 Å². The topological polar surface area (TPSA) is 66.5 Å². The van der Waals surface area contributed by atoms with E-state index in [0.717, 1.165) is 18.1 Å². The molecule has 19 heavy (non-hydrogen) atoms. The number of amides is 1. The molecule has 1 saturated heterocycles. The Morgan fingerprint density at radius 1 is 1.53 bits per heavy atom. The molecule has 1 N–H and O–H groups in total. The van der Waals surface area contributed by atoms with Crippen LogP contribution in [0.5, 0.6) is 0 Å². The van der Waals surface area contributed by atoms with Gasteiger partial charge in [-0.25, -0.2) is 8.42 Å². The molecule has 0 spiro atoms. The third kappa shape index (κ3) is 6.14. The quantitative estimate of drug-likeness (QED) is 0.767. The van der Waals surface area contributed by atoms with Gasteiger partial charge in [-0.1, -0.05) is 0 Å². The number of carbonyl (C=O) groups is 1. The lowest BCUT2D eigenvalue weighted by Crippen LogP contribution is -2.46. The van der Waals surface area contributed by atoms with Crippen molar-refractivity contribution in [1.82, 2.24) is 10.2 Å². The molecule has 0 aliphatic carbocycles. The number of rotatable bonds is 6. The van der Waals surface area contributed by atoms with Crippen molar-refractivity contribution in [3.05, 3.63) is 0 Å². The molecule has 112 valence electrons. The van der Waals surface area contributed by atoms with Crippen LogP contribution >= 0.6 is 11.8 Å². The van der Waals surface area contributed by atoms with Crippen molar-refractivity contribution in [2.24, 2.45) is 0 Å². The van der Waals surface area contributed by atoms with Gasteiger partial charge in [0.15, 0.2) is 0 Å². The lowest BCUT2D eigenvalue weighted by molar-refractivity contribution is -0.133. The fourth-order valence-electron chi connectivity index (χ4n) is 2.34. The second kappa shape index (κ2) is 7.50. The molecule has 0 aromatic carbocycles. The molecule has 0 aromatic heterocycles. The summed E-state index contributed by atoms with van der Waals surface area (Å²) in [5, 5.41) is 3.33. The molecule has 5 nitrogen and oxygen atoms in total. The van der Waals surface area contributed by atoms with Crippen LogP contribution in [0.4, 0.5) is 0 Å². The van der Waals surface area contributed by atoms with Crippen LogP contribution in [0.3, 0.4) is 0 Å². The number of nitrogens with one attached hydrogen (secondary N) is 1. The van der Waals surface area contributed by atoms with Crippen LogP contribution in [0, 0.1) is 0 Å². The highest BCUT2D eigenvalue weighted by Crippen LogP contribution is 2.13. The molecule has 0 radical (unpaired) electrons. The van der Waals surface area contributed by atoms with E-state index in [1.54, 1.807) is 11.8 Å². The van der Waals surface area contributed by atoms with Crippen molar-refractivity contribution in [3.63, 3.8) is 0 Å². The van der Waals surface area contributed by atoms with Crippen molar-refractivity contribution in [2.75, 3.05) is 36.6 Å². The SMILES string of the molecule is CCN(C(=O)CC1CSCCN1)C(C)CS(C)(=O)=O. The van der Waals surface area contributed by atoms with E-state index < -0.39 is 9.84 Å². The van der Waals surface area contributed by atoms with Crippen LogP contribution in [0.25, 0.3) is 0 Å². The van der Waals surface area contributed by atoms with Crippen molar-refractivity contribution >= 4 is 27.5 Å². The Kier molecular flexibility index (Phi) is 6.62. The van der Waals surface area contributed by atoms with Crippen LogP contribution in [0.2, 0.25) is 0 Å². The van der Waals surface area contributed by atoms with Gasteiger partial charge in [0.05, 0.1) is 5.75 Å². The second-order valence-corrected chi connectivity index (χ2v) is 8.39. The summed E-state index contributed by atoms with van der Waals surface area (Å²) >= 11 is 1.85. The van der Waals surface area contributed by atoms with E-state index in [-0.39, 0.29) is 23.7 Å². The van der Waals surface area contributed by atoms with Crippen LogP contribution < -0.4 is 5.32 Å². The summed E-state index contributed by atoms with van der Waals surface area (Å²) in [4.78, 5) is 13.9. The van der Waals surface area contributed by atoms with Crippen LogP contribution in [0.15, 0.2) is 0 Å². The zero-order valence-electron chi connectivity index (χ0n) is 11.9. The highest BCUT2D eigenvalue weighted by Gasteiger charge is 2.25. The Bertz CT molecular complexity index is 392. The molecule has 1 aliphatic heterocycles. The second-order valence-electron chi connectivity index (χ2n) is 5.05. The average Bonchev–Trinajstić information content (AvgIpc) is 2.28. The summed E-state index contributed by atoms with van der Waals surface area (Å²) in [5.41, 5.74) is 0. The summed E-state index contributed by atoms with van der Waals surface area (Å²) in [5.74, 6) is 2.11. The first kappa shape index (κ1) is 16.8. The Hall–Kier alpha value is -0.270. The van der Waals surface area contributed by atoms with Crippen molar-refractivity contribution < 1.29 is 13.2 Å². The predicted octanol–water partition coefficient (Wildman–Crippen LogP) is 0.363. The largest absolute Gasteiger partial charge is 0.339 e. The Labute approximate surface area is 120 Å². The van der Waals surface area contributed by atoms with Crippen molar-refractivity contribution in [1.29, 1.82) is 0 Å². The molecule has 1 aliphatic rings. The average molecular weight is 308 g/mol. The van der Waals surface area contributed by atoms with E-state index in [0.29, 0.717) is 13.0 Å². The van der Waals surface area contributed by atoms with E-state index in [1.807, 2.05) is 18.7 Å². The number of hydrogen-bond donors (Lipinski definition) is 1. The highest BCUT2D eigenvalue weighted by atomic mass is 32.2. The van der Waals surface area contributed by atoms with Gasteiger partial charge in [0.25, 0.3) is 0 Å². The Morgan fingerprint density at radius 3 is 2.68 bits per heavy atom.